The van der Waals surface area contributed by atoms with Gasteiger partial charge in [0.1, 0.15) is 6.04 Å². The van der Waals surface area contributed by atoms with Crippen LogP contribution in [0.2, 0.25) is 0 Å². The number of carbonyl (C=O) groups is 3. The van der Waals surface area contributed by atoms with Gasteiger partial charge in [0.2, 0.25) is 11.8 Å². The predicted molar refractivity (Wildman–Crippen MR) is 149 cm³/mol. The molecule has 0 saturated carbocycles. The van der Waals surface area contributed by atoms with Gasteiger partial charge in [-0.25, -0.2) is 0 Å². The maximum atomic E-state index is 13.6. The SMILES string of the molecule is CCC(C)NC(=O)C(CC)N(Cc1ccccc1C)C(=O)CCCN1C(=O)c2cccc3cccc1c23. The van der Waals surface area contributed by atoms with Crippen molar-refractivity contribution in [3.05, 3.63) is 77.4 Å². The first-order valence-corrected chi connectivity index (χ1v) is 13.3. The molecule has 6 nitrogen and oxygen atoms in total. The average molecular weight is 500 g/mol. The minimum atomic E-state index is -0.549. The average Bonchev–Trinajstić information content (AvgIpc) is 3.17. The minimum Gasteiger partial charge on any atom is -0.352 e. The van der Waals surface area contributed by atoms with E-state index in [9.17, 15) is 14.4 Å². The summed E-state index contributed by atoms with van der Waals surface area (Å²) in [7, 11) is 0. The number of nitrogens with zero attached hydrogens (tertiary/aromatic N) is 2. The van der Waals surface area contributed by atoms with Gasteiger partial charge in [0.25, 0.3) is 5.91 Å². The monoisotopic (exact) mass is 499 g/mol. The molecule has 194 valence electrons. The van der Waals surface area contributed by atoms with Crippen molar-refractivity contribution in [3.8, 4) is 0 Å². The Morgan fingerprint density at radius 1 is 0.973 bits per heavy atom. The molecule has 3 amide bonds. The number of aryl methyl sites for hydroxylation is 1. The predicted octanol–water partition coefficient (Wildman–Crippen LogP) is 5.61. The van der Waals surface area contributed by atoms with Gasteiger partial charge in [-0.15, -0.1) is 0 Å². The minimum absolute atomic E-state index is 0.0182. The lowest BCUT2D eigenvalue weighted by Gasteiger charge is -2.32. The molecule has 0 fully saturated rings. The Labute approximate surface area is 219 Å². The summed E-state index contributed by atoms with van der Waals surface area (Å²) >= 11 is 0. The molecule has 1 heterocycles. The molecule has 0 spiro atoms. The van der Waals surface area contributed by atoms with Gasteiger partial charge in [-0.05, 0) is 61.8 Å². The standard InChI is InChI=1S/C31H37N3O3/c1-5-22(4)32-30(36)26(6-2)34(20-24-13-8-7-12-21(24)3)28(35)18-11-19-33-27-17-10-15-23-14-9-16-25(29(23)27)31(33)37/h7-10,12-17,22,26H,5-6,11,18-20H2,1-4H3,(H,32,36). The van der Waals surface area contributed by atoms with Gasteiger partial charge < -0.3 is 15.1 Å². The second-order valence-electron chi connectivity index (χ2n) is 9.93. The molecule has 0 aromatic heterocycles. The molecule has 0 bridgehead atoms. The molecule has 3 aromatic rings. The number of hydrogen-bond donors (Lipinski definition) is 1. The lowest BCUT2D eigenvalue weighted by molar-refractivity contribution is -0.141. The van der Waals surface area contributed by atoms with Crippen LogP contribution in [0.15, 0.2) is 60.7 Å². The Bertz CT molecular complexity index is 1300. The van der Waals surface area contributed by atoms with Crippen LogP contribution in [-0.4, -0.2) is 41.2 Å². The molecule has 1 aliphatic rings. The Balaban J connectivity index is 1.50. The molecular weight excluding hydrogens is 462 g/mol. The zero-order chi connectivity index (χ0) is 26.5. The number of hydrogen-bond acceptors (Lipinski definition) is 3. The summed E-state index contributed by atoms with van der Waals surface area (Å²) in [5, 5.41) is 5.09. The largest absolute Gasteiger partial charge is 0.352 e. The summed E-state index contributed by atoms with van der Waals surface area (Å²) in [6.07, 6.45) is 2.13. The van der Waals surface area contributed by atoms with E-state index in [1.165, 1.54) is 0 Å². The van der Waals surface area contributed by atoms with Gasteiger partial charge in [0.05, 0.1) is 5.69 Å². The molecule has 0 radical (unpaired) electrons. The summed E-state index contributed by atoms with van der Waals surface area (Å²) in [4.78, 5) is 43.4. The van der Waals surface area contributed by atoms with E-state index in [4.69, 9.17) is 0 Å². The van der Waals surface area contributed by atoms with Crippen molar-refractivity contribution >= 4 is 34.2 Å². The molecule has 2 unspecified atom stereocenters. The van der Waals surface area contributed by atoms with Crippen molar-refractivity contribution in [3.63, 3.8) is 0 Å². The molecule has 3 aromatic carbocycles. The van der Waals surface area contributed by atoms with Crippen molar-refractivity contribution < 1.29 is 14.4 Å². The Morgan fingerprint density at radius 2 is 1.70 bits per heavy atom. The normalized spacial score (nSPS) is 14.1. The van der Waals surface area contributed by atoms with Crippen LogP contribution in [0.5, 0.6) is 0 Å². The molecule has 1 aliphatic heterocycles. The highest BCUT2D eigenvalue weighted by atomic mass is 16.2. The highest BCUT2D eigenvalue weighted by molar-refractivity contribution is 6.25. The third-order valence-electron chi connectivity index (χ3n) is 7.41. The van der Waals surface area contributed by atoms with Crippen LogP contribution in [0, 0.1) is 6.92 Å². The van der Waals surface area contributed by atoms with Crippen molar-refractivity contribution in [1.82, 2.24) is 10.2 Å². The maximum absolute atomic E-state index is 13.6. The molecule has 1 N–H and O–H groups in total. The van der Waals surface area contributed by atoms with Crippen LogP contribution in [-0.2, 0) is 16.1 Å². The van der Waals surface area contributed by atoms with E-state index < -0.39 is 6.04 Å². The van der Waals surface area contributed by atoms with Gasteiger partial charge in [-0.2, -0.15) is 0 Å². The van der Waals surface area contributed by atoms with E-state index in [0.29, 0.717) is 31.5 Å². The van der Waals surface area contributed by atoms with Gasteiger partial charge in [0, 0.05) is 36.5 Å². The fourth-order valence-electron chi connectivity index (χ4n) is 5.06. The highest BCUT2D eigenvalue weighted by Crippen LogP contribution is 2.37. The van der Waals surface area contributed by atoms with Crippen LogP contribution < -0.4 is 10.2 Å². The number of amides is 3. The van der Waals surface area contributed by atoms with E-state index >= 15 is 0 Å². The van der Waals surface area contributed by atoms with Gasteiger partial charge in [-0.1, -0.05) is 62.4 Å². The van der Waals surface area contributed by atoms with Crippen LogP contribution >= 0.6 is 0 Å². The first-order chi connectivity index (χ1) is 17.8. The number of benzene rings is 3. The molecule has 2 atom stereocenters. The number of anilines is 1. The maximum Gasteiger partial charge on any atom is 0.258 e. The van der Waals surface area contributed by atoms with Crippen molar-refractivity contribution in [2.75, 3.05) is 11.4 Å². The first-order valence-electron chi connectivity index (χ1n) is 13.3. The second kappa shape index (κ2) is 11.6. The van der Waals surface area contributed by atoms with Crippen LogP contribution in [0.3, 0.4) is 0 Å². The second-order valence-corrected chi connectivity index (χ2v) is 9.93. The molecule has 0 saturated heterocycles. The summed E-state index contributed by atoms with van der Waals surface area (Å²) in [6.45, 7) is 8.80. The van der Waals surface area contributed by atoms with Crippen molar-refractivity contribution in [2.45, 2.75) is 72.0 Å². The molecule has 37 heavy (non-hydrogen) atoms. The quantitative estimate of drug-likeness (QED) is 0.373. The van der Waals surface area contributed by atoms with Gasteiger partial charge >= 0.3 is 0 Å². The summed E-state index contributed by atoms with van der Waals surface area (Å²) in [6, 6.07) is 19.2. The van der Waals surface area contributed by atoms with Crippen molar-refractivity contribution in [1.29, 1.82) is 0 Å². The van der Waals surface area contributed by atoms with E-state index in [2.05, 4.69) is 5.32 Å². The zero-order valence-corrected chi connectivity index (χ0v) is 22.3. The van der Waals surface area contributed by atoms with E-state index in [-0.39, 0.29) is 30.2 Å². The zero-order valence-electron chi connectivity index (χ0n) is 22.3. The van der Waals surface area contributed by atoms with Crippen molar-refractivity contribution in [2.24, 2.45) is 0 Å². The number of carbonyl (C=O) groups excluding carboxylic acids is 3. The topological polar surface area (TPSA) is 69.7 Å². The summed E-state index contributed by atoms with van der Waals surface area (Å²) in [5.41, 5.74) is 3.74. The number of nitrogens with one attached hydrogen (secondary N) is 1. The van der Waals surface area contributed by atoms with Crippen LogP contribution in [0.25, 0.3) is 10.8 Å². The van der Waals surface area contributed by atoms with Crippen LogP contribution in [0.1, 0.15) is 67.9 Å². The smallest absolute Gasteiger partial charge is 0.258 e. The van der Waals surface area contributed by atoms with Gasteiger partial charge in [-0.3, -0.25) is 14.4 Å². The fraction of sp³-hybridized carbons (Fsp3) is 0.387. The summed E-state index contributed by atoms with van der Waals surface area (Å²) in [5.74, 6) is -0.206. The first kappa shape index (κ1) is 26.4. The molecule has 0 aliphatic carbocycles. The lowest BCUT2D eigenvalue weighted by Crippen LogP contribution is -2.50. The van der Waals surface area contributed by atoms with Crippen LogP contribution in [0.4, 0.5) is 5.69 Å². The van der Waals surface area contributed by atoms with E-state index in [1.807, 2.05) is 88.4 Å². The Hall–Kier alpha value is -3.67. The molecular formula is C31H37N3O3. The molecule has 4 rings (SSSR count). The molecule has 6 heteroatoms. The Morgan fingerprint density at radius 3 is 2.41 bits per heavy atom. The lowest BCUT2D eigenvalue weighted by atomic mass is 10.0. The third kappa shape index (κ3) is 5.53. The van der Waals surface area contributed by atoms with E-state index in [1.54, 1.807) is 9.80 Å². The van der Waals surface area contributed by atoms with E-state index in [0.717, 1.165) is 34.0 Å². The summed E-state index contributed by atoms with van der Waals surface area (Å²) < 4.78 is 0. The van der Waals surface area contributed by atoms with Gasteiger partial charge in [0.15, 0.2) is 0 Å². The fourth-order valence-corrected chi connectivity index (χ4v) is 5.06. The number of rotatable bonds is 11. The third-order valence-corrected chi connectivity index (χ3v) is 7.41. The Kier molecular flexibility index (Phi) is 8.27. The highest BCUT2D eigenvalue weighted by Gasteiger charge is 2.31.